The Labute approximate surface area is 276 Å². The molecular weight excluding hydrogens is 649 g/mol. The van der Waals surface area contributed by atoms with Crippen LogP contribution in [-0.2, 0) is 16.0 Å². The molecule has 47 heavy (non-hydrogen) atoms. The maximum Gasteiger partial charge on any atom is 0.573 e. The summed E-state index contributed by atoms with van der Waals surface area (Å²) in [5.41, 5.74) is 8.03. The molecule has 17 heteroatoms. The predicted octanol–water partition coefficient (Wildman–Crippen LogP) is 2.36. The van der Waals surface area contributed by atoms with Crippen LogP contribution in [0.5, 0.6) is 5.75 Å². The predicted molar refractivity (Wildman–Crippen MR) is 170 cm³/mol. The van der Waals surface area contributed by atoms with Gasteiger partial charge in [-0.15, -0.1) is 13.2 Å². The second kappa shape index (κ2) is 21.4. The Balaban J connectivity index is 0.000000770. The van der Waals surface area contributed by atoms with Gasteiger partial charge in [0, 0.05) is 24.7 Å². The summed E-state index contributed by atoms with van der Waals surface area (Å²) in [6.07, 6.45) is -4.34. The SMILES string of the molecule is C=C(N)C(=O)NC.CCc1cccc(C(=O)NCCCN(C)C)c1.C[C@H](O)[C@H](NC(=O)c1ccc(OC(F)(F)F)c(Cl)c1)C(=O)NO. The van der Waals surface area contributed by atoms with Crippen LogP contribution in [0.15, 0.2) is 54.7 Å². The molecule has 0 fully saturated rings. The first-order valence-electron chi connectivity index (χ1n) is 14.0. The molecule has 0 unspecified atom stereocenters. The van der Waals surface area contributed by atoms with Crippen molar-refractivity contribution >= 4 is 35.2 Å². The van der Waals surface area contributed by atoms with E-state index in [0.717, 1.165) is 49.7 Å². The number of nitrogens with one attached hydrogen (secondary N) is 4. The van der Waals surface area contributed by atoms with Crippen molar-refractivity contribution in [3.8, 4) is 5.75 Å². The number of hydrogen-bond donors (Lipinski definition) is 7. The maximum atomic E-state index is 12.1. The zero-order chi connectivity index (χ0) is 36.3. The van der Waals surface area contributed by atoms with Crippen molar-refractivity contribution in [2.45, 2.75) is 45.2 Å². The molecule has 0 aliphatic heterocycles. The number of nitrogens with zero attached hydrogens (tertiary/aromatic N) is 1. The lowest BCUT2D eigenvalue weighted by Gasteiger charge is -2.19. The summed E-state index contributed by atoms with van der Waals surface area (Å²) in [5, 5.41) is 24.8. The molecule has 0 aliphatic rings. The smallest absolute Gasteiger partial charge is 0.404 e. The fraction of sp³-hybridized carbons (Fsp3) is 0.400. The molecule has 2 rings (SSSR count). The van der Waals surface area contributed by atoms with Gasteiger partial charge in [-0.25, -0.2) is 5.48 Å². The zero-order valence-corrected chi connectivity index (χ0v) is 27.5. The van der Waals surface area contributed by atoms with Crippen molar-refractivity contribution in [2.24, 2.45) is 5.73 Å². The lowest BCUT2D eigenvalue weighted by Crippen LogP contribution is -2.51. The Hall–Kier alpha value is -4.38. The Morgan fingerprint density at radius 2 is 1.70 bits per heavy atom. The van der Waals surface area contributed by atoms with E-state index in [1.165, 1.54) is 25.0 Å². The Morgan fingerprint density at radius 3 is 2.15 bits per heavy atom. The third-order valence-corrected chi connectivity index (χ3v) is 6.06. The number of rotatable bonds is 12. The van der Waals surface area contributed by atoms with Crippen molar-refractivity contribution in [1.82, 2.24) is 26.3 Å². The van der Waals surface area contributed by atoms with E-state index in [1.54, 1.807) is 0 Å². The number of likely N-dealkylation sites (N-methyl/N-ethyl adjacent to an activating group) is 1. The summed E-state index contributed by atoms with van der Waals surface area (Å²) in [7, 11) is 5.57. The molecule has 0 saturated carbocycles. The van der Waals surface area contributed by atoms with E-state index in [9.17, 15) is 37.5 Å². The first-order valence-corrected chi connectivity index (χ1v) is 14.4. The molecule has 0 spiro atoms. The molecule has 0 saturated heterocycles. The highest BCUT2D eigenvalue weighted by atomic mass is 35.5. The van der Waals surface area contributed by atoms with Crippen LogP contribution in [0.25, 0.3) is 0 Å². The number of hydroxylamine groups is 1. The fourth-order valence-corrected chi connectivity index (χ4v) is 3.56. The molecule has 2 aromatic carbocycles. The summed E-state index contributed by atoms with van der Waals surface area (Å²) in [5.74, 6) is -2.97. The first kappa shape index (κ1) is 42.6. The molecule has 0 bridgehead atoms. The lowest BCUT2D eigenvalue weighted by molar-refractivity contribution is -0.274. The zero-order valence-electron chi connectivity index (χ0n) is 26.7. The number of nitrogens with two attached hydrogens (primary N) is 1. The number of carbonyl (C=O) groups is 4. The van der Waals surface area contributed by atoms with Crippen LogP contribution in [0.1, 0.15) is 46.5 Å². The number of hydrogen-bond acceptors (Lipinski definition) is 9. The summed E-state index contributed by atoms with van der Waals surface area (Å²) in [4.78, 5) is 47.3. The molecule has 0 aromatic heterocycles. The molecule has 13 nitrogen and oxygen atoms in total. The minimum atomic E-state index is -4.94. The van der Waals surface area contributed by atoms with Gasteiger partial charge in [-0.3, -0.25) is 24.4 Å². The van der Waals surface area contributed by atoms with Crippen molar-refractivity contribution in [3.05, 3.63) is 76.5 Å². The van der Waals surface area contributed by atoms with Gasteiger partial charge in [-0.1, -0.05) is 37.2 Å². The highest BCUT2D eigenvalue weighted by molar-refractivity contribution is 6.32. The van der Waals surface area contributed by atoms with Crippen molar-refractivity contribution < 1.29 is 47.4 Å². The molecule has 2 aromatic rings. The van der Waals surface area contributed by atoms with Crippen LogP contribution >= 0.6 is 11.6 Å². The van der Waals surface area contributed by atoms with Crippen LogP contribution in [0, 0.1) is 0 Å². The van der Waals surface area contributed by atoms with E-state index in [4.69, 9.17) is 22.5 Å². The molecular formula is C30H42ClF3N6O7. The second-order valence-corrected chi connectivity index (χ2v) is 10.3. The Morgan fingerprint density at radius 1 is 1.09 bits per heavy atom. The minimum absolute atomic E-state index is 0.0269. The normalized spacial score (nSPS) is 11.7. The van der Waals surface area contributed by atoms with Gasteiger partial charge in [-0.2, -0.15) is 0 Å². The van der Waals surface area contributed by atoms with Crippen LogP contribution < -0.4 is 31.9 Å². The molecule has 2 atom stereocenters. The van der Waals surface area contributed by atoms with Gasteiger partial charge in [0.2, 0.25) is 0 Å². The molecule has 0 aliphatic carbocycles. The number of aliphatic hydroxyl groups excluding tert-OH is 1. The number of alkyl halides is 3. The van der Waals surface area contributed by atoms with Crippen molar-refractivity contribution in [1.29, 1.82) is 0 Å². The lowest BCUT2D eigenvalue weighted by atomic mass is 10.1. The molecule has 8 N–H and O–H groups in total. The summed E-state index contributed by atoms with van der Waals surface area (Å²) < 4.78 is 40.0. The number of halogens is 4. The molecule has 262 valence electrons. The number of benzene rings is 2. The van der Waals surface area contributed by atoms with E-state index in [1.807, 2.05) is 38.4 Å². The molecule has 0 heterocycles. The van der Waals surface area contributed by atoms with E-state index in [0.29, 0.717) is 0 Å². The van der Waals surface area contributed by atoms with E-state index < -0.39 is 41.1 Å². The Bertz CT molecular complexity index is 1340. The summed E-state index contributed by atoms with van der Waals surface area (Å²) in [6, 6.07) is 9.04. The van der Waals surface area contributed by atoms with Gasteiger partial charge in [0.25, 0.3) is 23.6 Å². The third kappa shape index (κ3) is 17.8. The summed E-state index contributed by atoms with van der Waals surface area (Å²) in [6.45, 7) is 8.20. The number of aryl methyl sites for hydroxylation is 1. The van der Waals surface area contributed by atoms with Crippen molar-refractivity contribution in [3.63, 3.8) is 0 Å². The monoisotopic (exact) mass is 690 g/mol. The maximum absolute atomic E-state index is 12.1. The highest BCUT2D eigenvalue weighted by Gasteiger charge is 2.32. The topological polar surface area (TPSA) is 195 Å². The minimum Gasteiger partial charge on any atom is -0.404 e. The molecule has 0 radical (unpaired) electrons. The van der Waals surface area contributed by atoms with Crippen LogP contribution in [0.4, 0.5) is 13.2 Å². The number of aliphatic hydroxyl groups is 1. The highest BCUT2D eigenvalue weighted by Crippen LogP contribution is 2.30. The third-order valence-electron chi connectivity index (χ3n) is 5.77. The second-order valence-electron chi connectivity index (χ2n) is 9.93. The average molecular weight is 691 g/mol. The van der Waals surface area contributed by atoms with E-state index in [-0.39, 0.29) is 23.1 Å². The number of amides is 4. The molecule has 4 amide bonds. The first-order chi connectivity index (χ1) is 21.9. The van der Waals surface area contributed by atoms with Crippen LogP contribution in [0.3, 0.4) is 0 Å². The average Bonchev–Trinajstić information content (AvgIpc) is 3.01. The van der Waals surface area contributed by atoms with Crippen LogP contribution in [0.2, 0.25) is 5.02 Å². The van der Waals surface area contributed by atoms with Gasteiger partial charge in [0.05, 0.1) is 16.8 Å². The van der Waals surface area contributed by atoms with E-state index in [2.05, 4.69) is 39.1 Å². The number of ether oxygens (including phenoxy) is 1. The number of carbonyl (C=O) groups excluding carboxylic acids is 4. The fourth-order valence-electron chi connectivity index (χ4n) is 3.34. The van der Waals surface area contributed by atoms with Gasteiger partial charge in [-0.05, 0) is 76.3 Å². The van der Waals surface area contributed by atoms with Gasteiger partial charge >= 0.3 is 6.36 Å². The van der Waals surface area contributed by atoms with E-state index >= 15 is 0 Å². The standard InChI is InChI=1S/C14H22N2O.C12H12ClF3N2O5.C4H8N2O/c1-4-12-7-5-8-13(11-12)14(17)15-9-6-10-16(2)3;1-5(19)9(11(21)18-22)17-10(20)6-2-3-8(7(13)4-6)23-12(14,15)16;1-3(5)4(7)6-2/h5,7-8,11H,4,6,9-10H2,1-3H3,(H,15,17);2-5,9,19,22H,1H3,(H,17,20)(H,18,21);1,5H2,2H3,(H,6,7)/t;5-,9-;/m.0./s1. The Kier molecular flexibility index (Phi) is 19.4. The largest absolute Gasteiger partial charge is 0.573 e. The van der Waals surface area contributed by atoms with Gasteiger partial charge in [0.15, 0.2) is 0 Å². The van der Waals surface area contributed by atoms with Gasteiger partial charge < -0.3 is 36.4 Å². The van der Waals surface area contributed by atoms with Crippen molar-refractivity contribution in [2.75, 3.05) is 34.2 Å². The van der Waals surface area contributed by atoms with Crippen LogP contribution in [-0.4, -0.2) is 91.6 Å². The quantitative estimate of drug-likeness (QED) is 0.0757. The summed E-state index contributed by atoms with van der Waals surface area (Å²) >= 11 is 5.59. The van der Waals surface area contributed by atoms with Gasteiger partial charge in [0.1, 0.15) is 11.8 Å².